The third-order valence-electron chi connectivity index (χ3n) is 0.507. The molecule has 0 atom stereocenters. The zero-order valence-corrected chi connectivity index (χ0v) is 4.30. The summed E-state index contributed by atoms with van der Waals surface area (Å²) in [7, 11) is 0. The van der Waals surface area contributed by atoms with Gasteiger partial charge in [-0.3, -0.25) is 0 Å². The molecule has 0 aliphatic carbocycles. The van der Waals surface area contributed by atoms with E-state index >= 15 is 0 Å². The Morgan fingerprint density at radius 2 is 2.57 bits per heavy atom. The lowest BCUT2D eigenvalue weighted by atomic mass is 11.4. The van der Waals surface area contributed by atoms with Crippen LogP contribution in [-0.2, 0) is 5.88 Å². The van der Waals surface area contributed by atoms with Gasteiger partial charge in [-0.15, -0.1) is 10.2 Å². The van der Waals surface area contributed by atoms with E-state index in [2.05, 4.69) is 28.0 Å². The molecule has 0 saturated heterocycles. The average molecular weight is 115 g/mol. The van der Waals surface area contributed by atoms with E-state index in [0.717, 1.165) is 0 Å². The molecule has 1 aromatic rings. The minimum Gasteiger partial charge on any atom is -0.153 e. The highest BCUT2D eigenvalue weighted by atomic mass is 32.1. The molecule has 0 N–H and O–H groups in total. The second-order valence-electron chi connectivity index (χ2n) is 0.937. The van der Waals surface area contributed by atoms with E-state index < -0.39 is 0 Å². The number of hydrogen-bond acceptors (Lipinski definition) is 3. The molecule has 0 amide bonds. The predicted molar refractivity (Wildman–Crippen MR) is 25.4 cm³/mol. The van der Waals surface area contributed by atoms with E-state index in [9.17, 15) is 0 Å². The second-order valence-corrected chi connectivity index (χ2v) is 1.20. The Morgan fingerprint density at radius 1 is 1.71 bits per heavy atom. The molecule has 0 aromatic carbocycles. The highest BCUT2D eigenvalue weighted by Crippen LogP contribution is 1.75. The van der Waals surface area contributed by atoms with Crippen molar-refractivity contribution >= 4 is 12.6 Å². The van der Waals surface area contributed by atoms with Gasteiger partial charge in [-0.1, -0.05) is 12.6 Å². The van der Waals surface area contributed by atoms with Gasteiger partial charge in [-0.25, -0.2) is 0 Å². The summed E-state index contributed by atoms with van der Waals surface area (Å²) in [4.78, 5) is 1.33. The van der Waals surface area contributed by atoms with Gasteiger partial charge >= 0.3 is 0 Å². The Kier molecular flexibility index (Phi) is 1.26. The van der Waals surface area contributed by atoms with Crippen molar-refractivity contribution in [3.63, 3.8) is 0 Å². The largest absolute Gasteiger partial charge is 0.162 e. The summed E-state index contributed by atoms with van der Waals surface area (Å²) in [6, 6.07) is 0. The van der Waals surface area contributed by atoms with E-state index in [1.54, 1.807) is 0 Å². The fraction of sp³-hybridized carbons (Fsp3) is 0.500. The summed E-state index contributed by atoms with van der Waals surface area (Å²) >= 11 is 4.57. The van der Waals surface area contributed by atoms with Gasteiger partial charge in [0.05, 0.1) is 0 Å². The molecule has 1 aromatic heterocycles. The Hall–Kier alpha value is -0.580. The molecule has 1 radical (unpaired) electrons. The van der Waals surface area contributed by atoms with Crippen LogP contribution in [0.4, 0.5) is 0 Å². The minimum absolute atomic E-state index is 0.375. The third-order valence-corrected chi connectivity index (χ3v) is 0.738. The SMILES string of the molecule is [S]Cn1ncnn1. The van der Waals surface area contributed by atoms with E-state index in [1.807, 2.05) is 0 Å². The maximum Gasteiger partial charge on any atom is 0.162 e. The van der Waals surface area contributed by atoms with Crippen LogP contribution in [0.3, 0.4) is 0 Å². The van der Waals surface area contributed by atoms with Gasteiger partial charge in [0, 0.05) is 0 Å². The minimum atomic E-state index is 0.375. The zero-order valence-electron chi connectivity index (χ0n) is 3.48. The van der Waals surface area contributed by atoms with Gasteiger partial charge in [-0.2, -0.15) is 4.80 Å². The van der Waals surface area contributed by atoms with Crippen LogP contribution in [0.1, 0.15) is 0 Å². The Balaban J connectivity index is 2.76. The fourth-order valence-corrected chi connectivity index (χ4v) is 0.366. The third kappa shape index (κ3) is 0.894. The summed E-state index contributed by atoms with van der Waals surface area (Å²) in [6.07, 6.45) is 1.35. The van der Waals surface area contributed by atoms with Crippen molar-refractivity contribution in [2.24, 2.45) is 0 Å². The average Bonchev–Trinajstić information content (AvgIpc) is 2.14. The lowest BCUT2D eigenvalue weighted by molar-refractivity contribution is 0.620. The summed E-state index contributed by atoms with van der Waals surface area (Å²) in [5.41, 5.74) is 0. The molecular formula is C2H3N4S. The van der Waals surface area contributed by atoms with Crippen LogP contribution in [0.5, 0.6) is 0 Å². The molecule has 4 nitrogen and oxygen atoms in total. The first kappa shape index (κ1) is 4.58. The summed E-state index contributed by atoms with van der Waals surface area (Å²) < 4.78 is 0. The van der Waals surface area contributed by atoms with Gasteiger partial charge in [0.15, 0.2) is 6.33 Å². The maximum atomic E-state index is 4.57. The molecule has 1 heterocycles. The van der Waals surface area contributed by atoms with Gasteiger partial charge in [-0.05, 0) is 5.21 Å². The van der Waals surface area contributed by atoms with E-state index in [-0.39, 0.29) is 0 Å². The molecule has 0 saturated carbocycles. The van der Waals surface area contributed by atoms with Crippen molar-refractivity contribution in [1.82, 2.24) is 20.2 Å². The first-order chi connectivity index (χ1) is 3.43. The molecular weight excluding hydrogens is 112 g/mol. The highest BCUT2D eigenvalue weighted by Gasteiger charge is 1.81. The van der Waals surface area contributed by atoms with E-state index in [4.69, 9.17) is 0 Å². The Morgan fingerprint density at radius 3 is 2.86 bits per heavy atom. The maximum absolute atomic E-state index is 4.57. The Labute approximate surface area is 45.9 Å². The monoisotopic (exact) mass is 115 g/mol. The van der Waals surface area contributed by atoms with Gasteiger partial charge in [0.2, 0.25) is 0 Å². The number of aromatic nitrogens is 4. The zero-order chi connectivity index (χ0) is 5.11. The van der Waals surface area contributed by atoms with Crippen molar-refractivity contribution < 1.29 is 0 Å². The van der Waals surface area contributed by atoms with E-state index in [1.165, 1.54) is 11.1 Å². The van der Waals surface area contributed by atoms with Crippen molar-refractivity contribution in [3.8, 4) is 0 Å². The van der Waals surface area contributed by atoms with Crippen LogP contribution in [0.15, 0.2) is 6.33 Å². The molecule has 0 aliphatic heterocycles. The van der Waals surface area contributed by atoms with Crippen LogP contribution in [0.25, 0.3) is 0 Å². The van der Waals surface area contributed by atoms with Crippen molar-refractivity contribution in [2.45, 2.75) is 5.88 Å². The first-order valence-corrected chi connectivity index (χ1v) is 2.30. The predicted octanol–water partition coefficient (Wildman–Crippen LogP) is -0.172. The van der Waals surface area contributed by atoms with E-state index in [0.29, 0.717) is 5.88 Å². The topological polar surface area (TPSA) is 43.6 Å². The summed E-state index contributed by atoms with van der Waals surface area (Å²) in [5.74, 6) is 0.375. The fourth-order valence-electron chi connectivity index (χ4n) is 0.248. The Bertz CT molecular complexity index is 124. The van der Waals surface area contributed by atoms with Crippen LogP contribution in [0, 0.1) is 0 Å². The van der Waals surface area contributed by atoms with Crippen LogP contribution in [0.2, 0.25) is 0 Å². The molecule has 0 unspecified atom stereocenters. The molecule has 1 rings (SSSR count). The molecule has 0 aliphatic rings. The highest BCUT2D eigenvalue weighted by molar-refractivity contribution is 7.79. The molecule has 7 heavy (non-hydrogen) atoms. The van der Waals surface area contributed by atoms with Crippen LogP contribution in [-0.4, -0.2) is 20.2 Å². The first-order valence-electron chi connectivity index (χ1n) is 1.72. The van der Waals surface area contributed by atoms with Crippen molar-refractivity contribution in [1.29, 1.82) is 0 Å². The number of nitrogens with zero attached hydrogens (tertiary/aromatic N) is 4. The van der Waals surface area contributed by atoms with Gasteiger partial charge in [0.25, 0.3) is 0 Å². The molecule has 37 valence electrons. The molecule has 0 bridgehead atoms. The number of tetrazole rings is 1. The van der Waals surface area contributed by atoms with Crippen molar-refractivity contribution in [3.05, 3.63) is 6.33 Å². The van der Waals surface area contributed by atoms with Gasteiger partial charge in [0.1, 0.15) is 5.88 Å². The van der Waals surface area contributed by atoms with Crippen LogP contribution >= 0.6 is 12.6 Å². The lowest BCUT2D eigenvalue weighted by Crippen LogP contribution is -1.95. The van der Waals surface area contributed by atoms with Crippen molar-refractivity contribution in [2.75, 3.05) is 0 Å². The second kappa shape index (κ2) is 1.92. The summed E-state index contributed by atoms with van der Waals surface area (Å²) in [5, 5.41) is 10.5. The smallest absolute Gasteiger partial charge is 0.153 e. The molecule has 5 heteroatoms. The van der Waals surface area contributed by atoms with Crippen LogP contribution < -0.4 is 0 Å². The normalized spacial score (nSPS) is 9.29. The number of hydrogen-bond donors (Lipinski definition) is 0. The quantitative estimate of drug-likeness (QED) is 0.510. The lowest BCUT2D eigenvalue weighted by Gasteiger charge is -1.81. The standard InChI is InChI=1S/C2H3N4S/c7-2-6-4-1-3-5-6/h1H,2H2. The number of rotatable bonds is 1. The summed E-state index contributed by atoms with van der Waals surface area (Å²) in [6.45, 7) is 0. The molecule has 0 spiro atoms. The molecule has 0 fully saturated rings. The van der Waals surface area contributed by atoms with Gasteiger partial charge < -0.3 is 0 Å².